The Morgan fingerprint density at radius 1 is 1.04 bits per heavy atom. The quantitative estimate of drug-likeness (QED) is 0.0183. The number of aliphatic imine (C=N–C) groups is 1. The first-order valence-electron chi connectivity index (χ1n) is 30.0. The number of aromatic amines is 1. The van der Waals surface area contributed by atoms with E-state index < -0.39 is 17.9 Å². The maximum atomic E-state index is 15.6. The zero-order chi connectivity index (χ0) is 60.4. The number of carbonyl (C=O) groups is 2. The van der Waals surface area contributed by atoms with Crippen molar-refractivity contribution in [2.24, 2.45) is 21.9 Å². The van der Waals surface area contributed by atoms with E-state index in [9.17, 15) is 19.1 Å². The van der Waals surface area contributed by atoms with Gasteiger partial charge in [0.2, 0.25) is 12.3 Å². The summed E-state index contributed by atoms with van der Waals surface area (Å²) in [5, 5.41) is 40.5. The Morgan fingerprint density at radius 3 is 2.46 bits per heavy atom. The van der Waals surface area contributed by atoms with Crippen LogP contribution in [0.4, 0.5) is 14.6 Å². The van der Waals surface area contributed by atoms with E-state index in [1.165, 1.54) is 24.4 Å². The Hall–Kier alpha value is -7.94. The molecule has 85 heavy (non-hydrogen) atoms. The summed E-state index contributed by atoms with van der Waals surface area (Å²) in [6.07, 6.45) is 17.7. The van der Waals surface area contributed by atoms with Gasteiger partial charge in [-0.2, -0.15) is 20.2 Å². The third-order valence-electron chi connectivity index (χ3n) is 15.8. The zero-order valence-electron chi connectivity index (χ0n) is 49.7. The fourth-order valence-corrected chi connectivity index (χ4v) is 10.9. The van der Waals surface area contributed by atoms with Gasteiger partial charge in [0, 0.05) is 84.6 Å². The van der Waals surface area contributed by atoms with Gasteiger partial charge in [0.25, 0.3) is 0 Å². The highest BCUT2D eigenvalue weighted by Gasteiger charge is 2.33. The maximum Gasteiger partial charge on any atom is 0.319 e. The van der Waals surface area contributed by atoms with Gasteiger partial charge in [-0.05, 0) is 117 Å². The number of piperazine rings is 1. The Labute approximate surface area is 496 Å². The Bertz CT molecular complexity index is 3400. The van der Waals surface area contributed by atoms with Crippen LogP contribution in [0, 0.1) is 11.7 Å². The molecule has 4 fully saturated rings. The molecule has 0 radical (unpaired) electrons. The van der Waals surface area contributed by atoms with Crippen LogP contribution in [0.2, 0.25) is 0 Å². The number of nitrogens with two attached hydrogens (primary N) is 1. The van der Waals surface area contributed by atoms with Crippen molar-refractivity contribution in [1.29, 1.82) is 0 Å². The second-order valence-electron chi connectivity index (χ2n) is 22.0. The summed E-state index contributed by atoms with van der Waals surface area (Å²) in [4.78, 5) is 46.4. The molecule has 3 aromatic heterocycles. The van der Waals surface area contributed by atoms with Crippen molar-refractivity contribution in [3.05, 3.63) is 135 Å². The first-order chi connectivity index (χ1) is 41.3. The van der Waals surface area contributed by atoms with Crippen molar-refractivity contribution in [3.63, 3.8) is 0 Å². The van der Waals surface area contributed by atoms with Crippen LogP contribution in [0.3, 0.4) is 0 Å². The van der Waals surface area contributed by atoms with Gasteiger partial charge in [-0.15, -0.1) is 0 Å². The smallest absolute Gasteiger partial charge is 0.319 e. The van der Waals surface area contributed by atoms with Crippen LogP contribution in [-0.4, -0.2) is 135 Å². The largest absolute Gasteiger partial charge is 0.505 e. The number of anilines is 1. The Balaban J connectivity index is 0.000000378. The number of carbonyl (C=O) groups excluding carboxylic acids is 2. The number of benzene rings is 3. The number of hydrogen-bond donors (Lipinski definition) is 6. The standard InChI is InChI=1S/C49H63FN10O4.C14H13FN2O2.C2H6/c1-5-37-29-59(21-19-52-37)47-41-26-39(33-15-16-33)40(46(61)45(41)55-49(56-47)64-38-17-22-63-23-18-38)24-35-27-54-58-42(35)25-36(50)10-6-9-32-11-13-34(14-12-32)43(57-51)28-53-44(30(2)3)48(62)60-20-7-8-31(60)4;15-12-2-1-7-16-14(12)11-5-3-10(4-6-11)13(8-18)17-9-19;1-2/h10-14,24-28,30-31,33,37-38,44,52,58,61H,5-9,15-23,29,51H2,1-4H3;1-7,9,13,18H,8H2,(H,17,19);1-2H3/b35-24+,36-10-,42-25+,53-28?,57-43+;;. The van der Waals surface area contributed by atoms with Gasteiger partial charge in [0.1, 0.15) is 52.3 Å². The second-order valence-corrected chi connectivity index (χ2v) is 22.0. The summed E-state index contributed by atoms with van der Waals surface area (Å²) >= 11 is 0. The van der Waals surface area contributed by atoms with Gasteiger partial charge in [0.15, 0.2) is 0 Å². The number of phenols is 1. The van der Waals surface area contributed by atoms with E-state index >= 15 is 4.39 Å². The first-order valence-corrected chi connectivity index (χ1v) is 30.0. The van der Waals surface area contributed by atoms with Crippen LogP contribution in [0.5, 0.6) is 11.8 Å². The molecule has 3 saturated heterocycles. The molecule has 0 spiro atoms. The third kappa shape index (κ3) is 16.3. The summed E-state index contributed by atoms with van der Waals surface area (Å²) < 4.78 is 41.1. The number of fused-ring (bicyclic) bond motifs is 1. The molecular weight excluding hydrogens is 1080 g/mol. The van der Waals surface area contributed by atoms with E-state index in [0.717, 1.165) is 105 Å². The molecule has 2 amide bonds. The Morgan fingerprint density at radius 2 is 1.80 bits per heavy atom. The molecule has 1 aliphatic carbocycles. The highest BCUT2D eigenvalue weighted by molar-refractivity contribution is 6.38. The van der Waals surface area contributed by atoms with E-state index in [-0.39, 0.29) is 59.8 Å². The number of aliphatic hydroxyl groups excluding tert-OH is 1. The van der Waals surface area contributed by atoms with E-state index in [1.54, 1.807) is 42.8 Å². The lowest BCUT2D eigenvalue weighted by Crippen LogP contribution is -2.50. The SMILES string of the molecule is CC.CCC1CN(c2nc(OC3CCOCC3)nc3c(O)c(\C=c4/cn[nH]/c4=C/C(F)=C/CCc4ccc(/C(C=NC(C(=O)N5CCCC5C)C(C)C)=N/N)cc4)c(C4CC4)cc23)CCN1.O=CNC(CO)c1ccc(-c2ncccc2F)cc1. The number of hydrazone groups is 1. The molecule has 0 bridgehead atoms. The van der Waals surface area contributed by atoms with Crippen LogP contribution < -0.4 is 36.7 Å². The molecule has 6 aromatic rings. The van der Waals surface area contributed by atoms with E-state index in [4.69, 9.17) is 30.4 Å². The number of nitrogens with one attached hydrogen (secondary N) is 3. The second kappa shape index (κ2) is 30.7. The predicted molar refractivity (Wildman–Crippen MR) is 330 cm³/mol. The average molecular weight is 1170 g/mol. The molecule has 1 saturated carbocycles. The van der Waals surface area contributed by atoms with Crippen LogP contribution in [0.25, 0.3) is 34.3 Å². The normalized spacial score (nSPS) is 18.9. The molecule has 452 valence electrons. The number of halogens is 2. The van der Waals surface area contributed by atoms with Gasteiger partial charge >= 0.3 is 6.01 Å². The molecule has 18 nitrogen and oxygen atoms in total. The average Bonchev–Trinajstić information content (AvgIpc) is 3.59. The number of pyridine rings is 1. The summed E-state index contributed by atoms with van der Waals surface area (Å²) in [6, 6.07) is 19.5. The van der Waals surface area contributed by atoms with Crippen molar-refractivity contribution < 1.29 is 38.1 Å². The number of aromatic nitrogens is 5. The van der Waals surface area contributed by atoms with Gasteiger partial charge in [-0.3, -0.25) is 24.7 Å². The van der Waals surface area contributed by atoms with Crippen molar-refractivity contribution in [2.45, 2.75) is 136 Å². The lowest BCUT2D eigenvalue weighted by Gasteiger charge is -2.35. The van der Waals surface area contributed by atoms with Crippen LogP contribution in [0.1, 0.15) is 133 Å². The molecule has 7 N–H and O–H groups in total. The molecule has 6 heterocycles. The lowest BCUT2D eigenvalue weighted by molar-refractivity contribution is -0.134. The lowest BCUT2D eigenvalue weighted by atomic mass is 9.97. The highest BCUT2D eigenvalue weighted by Crippen LogP contribution is 2.47. The minimum absolute atomic E-state index is 0.0256. The molecule has 4 aliphatic rings. The number of nitrogens with zero attached hydrogens (tertiary/aromatic N) is 8. The molecule has 10 rings (SSSR count). The molecule has 3 aliphatic heterocycles. The number of hydrogen-bond acceptors (Lipinski definition) is 15. The monoisotopic (exact) mass is 1160 g/mol. The van der Waals surface area contributed by atoms with Crippen molar-refractivity contribution in [3.8, 4) is 23.0 Å². The van der Waals surface area contributed by atoms with Crippen LogP contribution >= 0.6 is 0 Å². The highest BCUT2D eigenvalue weighted by atomic mass is 19.1. The molecule has 4 atom stereocenters. The number of aromatic hydroxyl groups is 1. The van der Waals surface area contributed by atoms with Crippen LogP contribution in [-0.2, 0) is 20.7 Å². The molecule has 3 aromatic carbocycles. The summed E-state index contributed by atoms with van der Waals surface area (Å²) in [6.45, 7) is 16.5. The van der Waals surface area contributed by atoms with Gasteiger partial charge < -0.3 is 46.0 Å². The number of aliphatic hydroxyl groups is 1. The van der Waals surface area contributed by atoms with Gasteiger partial charge in [-0.25, -0.2) is 8.78 Å². The topological polar surface area (TPSA) is 242 Å². The third-order valence-corrected chi connectivity index (χ3v) is 15.8. The molecule has 20 heteroatoms. The molecular formula is C65H82F2N12O6. The maximum absolute atomic E-state index is 15.6. The number of rotatable bonds is 20. The number of allylic oxidation sites excluding steroid dienone is 2. The minimum atomic E-state index is -0.506. The minimum Gasteiger partial charge on any atom is -0.505 e. The van der Waals surface area contributed by atoms with E-state index in [0.29, 0.717) is 71.4 Å². The van der Waals surface area contributed by atoms with Crippen molar-refractivity contribution in [2.75, 3.05) is 50.9 Å². The molecule has 4 unspecified atom stereocenters. The fraction of sp³-hybridized carbons (Fsp3) is 0.446. The fourth-order valence-electron chi connectivity index (χ4n) is 10.9. The number of aryl methyl sites for hydroxylation is 1. The van der Waals surface area contributed by atoms with Crippen LogP contribution in [0.15, 0.2) is 101 Å². The number of likely N-dealkylation sites (tertiary alicyclic amines) is 1. The predicted octanol–water partition coefficient (Wildman–Crippen LogP) is 8.24. The van der Waals surface area contributed by atoms with Gasteiger partial charge in [-0.1, -0.05) is 83.1 Å². The summed E-state index contributed by atoms with van der Waals surface area (Å²) in [7, 11) is 0. The van der Waals surface area contributed by atoms with Crippen molar-refractivity contribution >= 4 is 53.1 Å². The zero-order valence-corrected chi connectivity index (χ0v) is 49.7. The van der Waals surface area contributed by atoms with E-state index in [1.807, 2.05) is 62.9 Å². The number of H-pyrrole nitrogens is 1. The first kappa shape index (κ1) is 63.1. The summed E-state index contributed by atoms with van der Waals surface area (Å²) in [5.74, 6) is 6.16. The van der Waals surface area contributed by atoms with Crippen molar-refractivity contribution in [1.82, 2.24) is 40.7 Å². The number of amides is 2. The Kier molecular flexibility index (Phi) is 22.8. The number of phenolic OH excluding ortho intramolecular Hbond substituents is 1. The van der Waals surface area contributed by atoms with Gasteiger partial charge in [0.05, 0.1) is 43.6 Å². The summed E-state index contributed by atoms with van der Waals surface area (Å²) in [5.41, 5.74) is 6.04. The number of ether oxygens (including phenoxy) is 2. The van der Waals surface area contributed by atoms with E-state index in [2.05, 4.69) is 60.7 Å².